The molecule has 0 bridgehead atoms. The molecule has 0 aliphatic heterocycles. The van der Waals surface area contributed by atoms with Crippen LogP contribution in [0.4, 0.5) is 0 Å². The number of ether oxygens (including phenoxy) is 2. The lowest BCUT2D eigenvalue weighted by molar-refractivity contribution is -0.155. The van der Waals surface area contributed by atoms with Gasteiger partial charge >= 0.3 is 0 Å². The monoisotopic (exact) mass is 707 g/mol. The second kappa shape index (κ2) is 16.5. The smallest absolute Gasteiger partial charge is 0.157 e. The first kappa shape index (κ1) is 42.3. The Kier molecular flexibility index (Phi) is 14.5. The maximum absolute atomic E-state index is 11.2. The highest BCUT2D eigenvalue weighted by molar-refractivity contribution is 8.17. The molecular formula is C38H61NO7S2. The van der Waals surface area contributed by atoms with Gasteiger partial charge in [-0.25, -0.2) is 0 Å². The van der Waals surface area contributed by atoms with Crippen molar-refractivity contribution in [2.24, 2.45) is 5.18 Å². The molecule has 0 saturated heterocycles. The molecule has 0 fully saturated rings. The average Bonchev–Trinajstić information content (AvgIpc) is 2.91. The van der Waals surface area contributed by atoms with E-state index in [0.29, 0.717) is 5.75 Å². The van der Waals surface area contributed by atoms with Gasteiger partial charge in [-0.05, 0) is 59.8 Å². The standard InChI is InChI=1S/C38H61NO7S2/c1-22(46-32(42)19-31(41)30(20-40)39-44)21-45-34-28(37(9,10)11)17-25(18-29(34)38(12,13)14)48-23(2)47-24-15-26(35(3,4)5)33(43)27(16-24)36(6,7)8/h15-18,22-23,30-32,40-43H,19-21H2,1-14H3. The van der Waals surface area contributed by atoms with Gasteiger partial charge in [0.1, 0.15) is 24.1 Å². The second-order valence-corrected chi connectivity index (χ2v) is 20.0. The Morgan fingerprint density at radius 3 is 1.48 bits per heavy atom. The molecule has 2 aromatic carbocycles. The summed E-state index contributed by atoms with van der Waals surface area (Å²) in [7, 11) is 0. The van der Waals surface area contributed by atoms with Crippen molar-refractivity contribution in [3.63, 3.8) is 0 Å². The molecule has 5 atom stereocenters. The van der Waals surface area contributed by atoms with E-state index in [0.717, 1.165) is 37.8 Å². The lowest BCUT2D eigenvalue weighted by Gasteiger charge is -2.32. The highest BCUT2D eigenvalue weighted by atomic mass is 32.2. The fraction of sp³-hybridized carbons (Fsp3) is 0.684. The predicted molar refractivity (Wildman–Crippen MR) is 200 cm³/mol. The molecule has 0 heterocycles. The molecular weight excluding hydrogens is 647 g/mol. The van der Waals surface area contributed by atoms with Gasteiger partial charge < -0.3 is 29.9 Å². The topological polar surface area (TPSA) is 129 Å². The maximum atomic E-state index is 11.2. The number of aliphatic hydroxyl groups is 3. The van der Waals surface area contributed by atoms with Crippen LogP contribution in [0.1, 0.15) is 126 Å². The van der Waals surface area contributed by atoms with E-state index in [1.54, 1.807) is 30.4 Å². The number of benzene rings is 2. The Bertz CT molecular complexity index is 1300. The predicted octanol–water partition coefficient (Wildman–Crippen LogP) is 8.79. The molecule has 8 nitrogen and oxygen atoms in total. The Morgan fingerprint density at radius 1 is 0.729 bits per heavy atom. The number of phenols is 1. The van der Waals surface area contributed by atoms with Gasteiger partial charge in [-0.15, -0.1) is 23.5 Å². The van der Waals surface area contributed by atoms with Gasteiger partial charge in [-0.3, -0.25) is 0 Å². The van der Waals surface area contributed by atoms with E-state index in [9.17, 15) is 25.3 Å². The van der Waals surface area contributed by atoms with Crippen molar-refractivity contribution in [3.05, 3.63) is 51.4 Å². The lowest BCUT2D eigenvalue weighted by Crippen LogP contribution is -2.34. The number of hydrogen-bond acceptors (Lipinski definition) is 10. The highest BCUT2D eigenvalue weighted by Gasteiger charge is 2.31. The summed E-state index contributed by atoms with van der Waals surface area (Å²) < 4.78 is 12.3. The fourth-order valence-electron chi connectivity index (χ4n) is 5.32. The van der Waals surface area contributed by atoms with Crippen molar-refractivity contribution in [1.29, 1.82) is 0 Å². The molecule has 0 aromatic heterocycles. The third-order valence-corrected chi connectivity index (χ3v) is 10.3. The van der Waals surface area contributed by atoms with Crippen molar-refractivity contribution in [1.82, 2.24) is 0 Å². The highest BCUT2D eigenvalue weighted by Crippen LogP contribution is 2.47. The SMILES string of the molecule is CC(COc1c(C(C)(C)C)cc(SC(C)Sc2cc(C(C)(C)C)c(O)c(C(C)(C)C)c2)cc1C(C)(C)C)OC(O)CC(O)C(CO)N=O. The van der Waals surface area contributed by atoms with Gasteiger partial charge in [-0.2, -0.15) is 4.91 Å². The molecule has 272 valence electrons. The largest absolute Gasteiger partial charge is 0.507 e. The Balaban J connectivity index is 2.39. The van der Waals surface area contributed by atoms with Gasteiger partial charge in [0, 0.05) is 38.5 Å². The van der Waals surface area contributed by atoms with Crippen molar-refractivity contribution in [3.8, 4) is 11.5 Å². The zero-order chi connectivity index (χ0) is 37.0. The second-order valence-electron chi connectivity index (χ2n) is 16.9. The number of nitroso groups, excluding NO2 is 1. The van der Waals surface area contributed by atoms with Crippen molar-refractivity contribution in [2.45, 2.75) is 164 Å². The summed E-state index contributed by atoms with van der Waals surface area (Å²) in [5.41, 5.74) is 3.16. The minimum atomic E-state index is -1.36. The van der Waals surface area contributed by atoms with Crippen LogP contribution in [0.25, 0.3) is 0 Å². The first-order valence-corrected chi connectivity index (χ1v) is 18.5. The zero-order valence-corrected chi connectivity index (χ0v) is 33.2. The van der Waals surface area contributed by atoms with E-state index < -0.39 is 31.1 Å². The normalized spacial score (nSPS) is 16.3. The first-order chi connectivity index (χ1) is 21.8. The molecule has 0 amide bonds. The summed E-state index contributed by atoms with van der Waals surface area (Å²) >= 11 is 3.59. The van der Waals surface area contributed by atoms with Crippen LogP contribution in [-0.4, -0.2) is 62.8 Å². The molecule has 0 aliphatic rings. The molecule has 5 unspecified atom stereocenters. The van der Waals surface area contributed by atoms with Gasteiger partial charge in [-0.1, -0.05) is 88.3 Å². The van der Waals surface area contributed by atoms with E-state index in [1.165, 1.54) is 0 Å². The number of aromatic hydroxyl groups is 1. The number of aliphatic hydroxyl groups excluding tert-OH is 3. The van der Waals surface area contributed by atoms with Crippen LogP contribution < -0.4 is 4.74 Å². The van der Waals surface area contributed by atoms with Crippen LogP contribution in [0.2, 0.25) is 0 Å². The van der Waals surface area contributed by atoms with E-state index in [1.807, 2.05) is 0 Å². The molecule has 48 heavy (non-hydrogen) atoms. The molecule has 0 aliphatic carbocycles. The molecule has 2 aromatic rings. The molecule has 0 radical (unpaired) electrons. The van der Waals surface area contributed by atoms with Crippen LogP contribution in [0.15, 0.2) is 39.2 Å². The lowest BCUT2D eigenvalue weighted by atomic mass is 9.79. The zero-order valence-electron chi connectivity index (χ0n) is 31.6. The Labute approximate surface area is 297 Å². The summed E-state index contributed by atoms with van der Waals surface area (Å²) in [6, 6.07) is 7.47. The van der Waals surface area contributed by atoms with Gasteiger partial charge in [0.15, 0.2) is 6.29 Å². The first-order valence-electron chi connectivity index (χ1n) is 16.8. The number of hydrogen-bond donors (Lipinski definition) is 4. The van der Waals surface area contributed by atoms with Crippen molar-refractivity contribution in [2.75, 3.05) is 13.2 Å². The van der Waals surface area contributed by atoms with Crippen LogP contribution in [0, 0.1) is 4.91 Å². The van der Waals surface area contributed by atoms with E-state index in [-0.39, 0.29) is 39.3 Å². The minimum Gasteiger partial charge on any atom is -0.507 e. The van der Waals surface area contributed by atoms with Crippen molar-refractivity contribution >= 4 is 23.5 Å². The van der Waals surface area contributed by atoms with Crippen LogP contribution in [0.3, 0.4) is 0 Å². The number of phenolic OH excluding ortho intramolecular Hbond substituents is 1. The summed E-state index contributed by atoms with van der Waals surface area (Å²) in [5, 5.41) is 43.5. The molecule has 4 N–H and O–H groups in total. The molecule has 10 heteroatoms. The minimum absolute atomic E-state index is 0.153. The van der Waals surface area contributed by atoms with Gasteiger partial charge in [0.05, 0.1) is 23.4 Å². The fourth-order valence-corrected chi connectivity index (χ4v) is 7.69. The summed E-state index contributed by atoms with van der Waals surface area (Å²) in [6.45, 7) is 29.3. The van der Waals surface area contributed by atoms with Crippen LogP contribution in [0.5, 0.6) is 11.5 Å². The molecule has 2 rings (SSSR count). The van der Waals surface area contributed by atoms with E-state index in [4.69, 9.17) is 9.47 Å². The summed E-state index contributed by atoms with van der Waals surface area (Å²) in [4.78, 5) is 13.1. The number of thioether (sulfide) groups is 2. The quantitative estimate of drug-likeness (QED) is 0.0865. The molecule has 0 spiro atoms. The Hall–Kier alpha value is -1.82. The Morgan fingerprint density at radius 2 is 1.12 bits per heavy atom. The summed E-state index contributed by atoms with van der Waals surface area (Å²) in [6.07, 6.45) is -3.47. The van der Waals surface area contributed by atoms with E-state index in [2.05, 4.69) is 119 Å². The third-order valence-electron chi connectivity index (χ3n) is 8.04. The number of rotatable bonds is 14. The maximum Gasteiger partial charge on any atom is 0.157 e. The van der Waals surface area contributed by atoms with Crippen molar-refractivity contribution < 1.29 is 29.9 Å². The van der Waals surface area contributed by atoms with Crippen LogP contribution >= 0.6 is 23.5 Å². The molecule has 0 saturated carbocycles. The van der Waals surface area contributed by atoms with Crippen LogP contribution in [-0.2, 0) is 26.4 Å². The third kappa shape index (κ3) is 11.9. The van der Waals surface area contributed by atoms with E-state index >= 15 is 0 Å². The van der Waals surface area contributed by atoms with Gasteiger partial charge in [0.25, 0.3) is 0 Å². The summed E-state index contributed by atoms with van der Waals surface area (Å²) in [5.74, 6) is 1.18. The number of nitrogens with zero attached hydrogens (tertiary/aromatic N) is 1. The average molecular weight is 708 g/mol. The van der Waals surface area contributed by atoms with Gasteiger partial charge in [0.2, 0.25) is 0 Å².